The van der Waals surface area contributed by atoms with Crippen molar-refractivity contribution in [3.63, 3.8) is 0 Å². The van der Waals surface area contributed by atoms with Crippen molar-refractivity contribution in [3.05, 3.63) is 63.8 Å². The van der Waals surface area contributed by atoms with Crippen molar-refractivity contribution in [3.8, 4) is 0 Å². The Labute approximate surface area is 314 Å². The van der Waals surface area contributed by atoms with Crippen molar-refractivity contribution in [2.45, 2.75) is 82.6 Å². The fraction of sp³-hybridized carbons (Fsp3) is 0.605. The van der Waals surface area contributed by atoms with E-state index < -0.39 is 47.6 Å². The number of hydroxylamine groups is 1. The SMILES string of the molecule is CC(=O)O[C@@H]1C(C)=C[C@@H]2[C@H](C(C)CN3CCN(c4ncccc4Cl)CC3)CC[C@@H](C)[C@]2(O)[C@H]1OC(=O)[C@@H]1C[C@@]2(O)c3cccc(Cl)c3N(C)O[C@H]2N1. The molecule has 14 heteroatoms. The molecule has 52 heavy (non-hydrogen) atoms. The average molecular weight is 759 g/mol. The van der Waals surface area contributed by atoms with Gasteiger partial charge in [0.05, 0.1) is 15.7 Å². The molecule has 0 radical (unpaired) electrons. The highest BCUT2D eigenvalue weighted by Crippen LogP contribution is 2.53. The normalized spacial score (nSPS) is 35.2. The predicted molar refractivity (Wildman–Crippen MR) is 197 cm³/mol. The first-order valence-corrected chi connectivity index (χ1v) is 19.0. The van der Waals surface area contributed by atoms with Gasteiger partial charge in [-0.2, -0.15) is 0 Å². The van der Waals surface area contributed by atoms with E-state index in [1.54, 1.807) is 31.4 Å². The van der Waals surface area contributed by atoms with Gasteiger partial charge in [0.2, 0.25) is 0 Å². The number of aliphatic hydroxyl groups is 2. The minimum absolute atomic E-state index is 0.0473. The largest absolute Gasteiger partial charge is 0.454 e. The van der Waals surface area contributed by atoms with Gasteiger partial charge in [0.1, 0.15) is 23.1 Å². The molecular formula is C38H49Cl2N5O7. The second-order valence-corrected chi connectivity index (χ2v) is 16.2. The molecule has 2 aliphatic carbocycles. The summed E-state index contributed by atoms with van der Waals surface area (Å²) in [6.45, 7) is 11.6. The zero-order chi connectivity index (χ0) is 37.1. The maximum absolute atomic E-state index is 14.2. The summed E-state index contributed by atoms with van der Waals surface area (Å²) < 4.78 is 12.1. The standard InChI is InChI=1S/C38H49Cl2N5O7/c1-21-18-27-25(22(2)20-44-14-16-45(17-15-44)34-29(40)10-7-13-41-34)12-11-23(3)38(27,49)33(32(21)50-24(4)46)51-35(47)30-19-37(48)26-8-6-9-28(39)31(26)43(5)52-36(37)42-30/h6-10,13,18,22-23,25,27,30,32-33,36,42,48-49H,11-12,14-17,19-20H2,1-5H3/t22?,23-,25+,27-,30+,32-,33+,36-,37-,38-/m1/s1. The lowest BCUT2D eigenvalue weighted by Gasteiger charge is -2.56. The number of carbonyl (C=O) groups excluding carboxylic acids is 2. The first-order chi connectivity index (χ1) is 24.7. The van der Waals surface area contributed by atoms with E-state index in [4.69, 9.17) is 37.5 Å². The number of ether oxygens (including phenoxy) is 2. The molecule has 0 amide bonds. The third kappa shape index (κ3) is 6.48. The molecule has 7 rings (SSSR count). The van der Waals surface area contributed by atoms with E-state index in [1.807, 2.05) is 32.1 Å². The number of pyridine rings is 1. The number of rotatable bonds is 7. The second-order valence-electron chi connectivity index (χ2n) is 15.4. The Morgan fingerprint density at radius 2 is 1.83 bits per heavy atom. The Hall–Kier alpha value is -2.97. The average Bonchev–Trinajstić information content (AvgIpc) is 3.45. The molecule has 1 saturated carbocycles. The van der Waals surface area contributed by atoms with Crippen LogP contribution in [0, 0.1) is 23.7 Å². The van der Waals surface area contributed by atoms with Crippen LogP contribution in [0.4, 0.5) is 11.5 Å². The Balaban J connectivity index is 1.10. The van der Waals surface area contributed by atoms with Crippen LogP contribution < -0.4 is 15.3 Å². The van der Waals surface area contributed by atoms with E-state index in [0.717, 1.165) is 50.5 Å². The summed E-state index contributed by atoms with van der Waals surface area (Å²) in [5, 5.41) is 30.5. The fourth-order valence-corrected chi connectivity index (χ4v) is 9.99. The highest BCUT2D eigenvalue weighted by molar-refractivity contribution is 6.33. The number of hydrogen-bond donors (Lipinski definition) is 3. The van der Waals surface area contributed by atoms with Crippen molar-refractivity contribution in [2.24, 2.45) is 23.7 Å². The number of piperazine rings is 1. The Morgan fingerprint density at radius 1 is 1.10 bits per heavy atom. The molecule has 3 N–H and O–H groups in total. The molecule has 1 unspecified atom stereocenters. The molecular weight excluding hydrogens is 709 g/mol. The maximum atomic E-state index is 14.2. The number of esters is 2. The summed E-state index contributed by atoms with van der Waals surface area (Å²) in [4.78, 5) is 41.7. The van der Waals surface area contributed by atoms with Crippen molar-refractivity contribution in [1.82, 2.24) is 15.2 Å². The summed E-state index contributed by atoms with van der Waals surface area (Å²) >= 11 is 12.9. The first kappa shape index (κ1) is 37.3. The van der Waals surface area contributed by atoms with E-state index in [-0.39, 0.29) is 30.1 Å². The molecule has 282 valence electrons. The van der Waals surface area contributed by atoms with Crippen LogP contribution in [0.5, 0.6) is 0 Å². The van der Waals surface area contributed by atoms with E-state index in [1.165, 1.54) is 12.0 Å². The molecule has 12 nitrogen and oxygen atoms in total. The Bertz CT molecular complexity index is 1720. The van der Waals surface area contributed by atoms with Gasteiger partial charge >= 0.3 is 11.9 Å². The van der Waals surface area contributed by atoms with Gasteiger partial charge in [-0.25, -0.2) is 4.98 Å². The highest BCUT2D eigenvalue weighted by Gasteiger charge is 2.62. The van der Waals surface area contributed by atoms with Crippen LogP contribution in [0.25, 0.3) is 0 Å². The van der Waals surface area contributed by atoms with Crippen molar-refractivity contribution in [1.29, 1.82) is 0 Å². The number of hydrogen-bond acceptors (Lipinski definition) is 12. The number of benzene rings is 1. The van der Waals surface area contributed by atoms with Gasteiger partial charge in [-0.05, 0) is 61.3 Å². The summed E-state index contributed by atoms with van der Waals surface area (Å²) in [6.07, 6.45) is 2.28. The van der Waals surface area contributed by atoms with Crippen molar-refractivity contribution < 1.29 is 34.1 Å². The molecule has 1 aromatic heterocycles. The summed E-state index contributed by atoms with van der Waals surface area (Å²) in [5.74, 6) is -0.726. The molecule has 5 aliphatic rings. The number of nitrogens with zero attached hydrogens (tertiary/aromatic N) is 4. The van der Waals surface area contributed by atoms with Crippen LogP contribution in [-0.2, 0) is 29.5 Å². The molecule has 2 aromatic rings. The molecule has 0 bridgehead atoms. The van der Waals surface area contributed by atoms with Gasteiger partial charge in [-0.3, -0.25) is 29.7 Å². The summed E-state index contributed by atoms with van der Waals surface area (Å²) in [6, 6.07) is 7.95. The minimum Gasteiger partial charge on any atom is -0.454 e. The van der Waals surface area contributed by atoms with E-state index >= 15 is 0 Å². The van der Waals surface area contributed by atoms with Crippen LogP contribution in [0.3, 0.4) is 0 Å². The molecule has 3 aliphatic heterocycles. The van der Waals surface area contributed by atoms with Gasteiger partial charge in [-0.1, -0.05) is 55.3 Å². The van der Waals surface area contributed by atoms with Crippen molar-refractivity contribution in [2.75, 3.05) is 49.7 Å². The van der Waals surface area contributed by atoms with Crippen LogP contribution in [0.1, 0.15) is 52.5 Å². The highest BCUT2D eigenvalue weighted by atomic mass is 35.5. The van der Waals surface area contributed by atoms with Gasteiger partial charge in [0.25, 0.3) is 0 Å². The zero-order valence-corrected chi connectivity index (χ0v) is 31.8. The number of nitrogens with one attached hydrogen (secondary N) is 1. The topological polar surface area (TPSA) is 137 Å². The van der Waals surface area contributed by atoms with Gasteiger partial charge in [0.15, 0.2) is 18.4 Å². The molecule has 3 fully saturated rings. The number of para-hydroxylation sites is 1. The van der Waals surface area contributed by atoms with E-state index in [0.29, 0.717) is 27.7 Å². The van der Waals surface area contributed by atoms with Gasteiger partial charge in [-0.15, -0.1) is 0 Å². The third-order valence-electron chi connectivity index (χ3n) is 12.2. The third-order valence-corrected chi connectivity index (χ3v) is 12.8. The molecule has 2 saturated heterocycles. The maximum Gasteiger partial charge on any atom is 0.323 e. The Morgan fingerprint density at radius 3 is 2.54 bits per heavy atom. The summed E-state index contributed by atoms with van der Waals surface area (Å²) in [7, 11) is 1.69. The van der Waals surface area contributed by atoms with Crippen molar-refractivity contribution >= 4 is 46.6 Å². The summed E-state index contributed by atoms with van der Waals surface area (Å²) in [5.41, 5.74) is -1.29. The molecule has 4 heterocycles. The number of aromatic nitrogens is 1. The first-order valence-electron chi connectivity index (χ1n) is 18.3. The lowest BCUT2D eigenvalue weighted by atomic mass is 9.55. The lowest BCUT2D eigenvalue weighted by Crippen LogP contribution is -2.66. The Kier molecular flexibility index (Phi) is 10.3. The second kappa shape index (κ2) is 14.4. The molecule has 0 spiro atoms. The lowest BCUT2D eigenvalue weighted by molar-refractivity contribution is -0.225. The van der Waals surface area contributed by atoms with Gasteiger partial charge in [0, 0.05) is 70.8 Å². The predicted octanol–water partition coefficient (Wildman–Crippen LogP) is 4.30. The number of halogens is 2. The number of carbonyl (C=O) groups is 2. The number of fused-ring (bicyclic) bond motifs is 4. The smallest absolute Gasteiger partial charge is 0.323 e. The monoisotopic (exact) mass is 757 g/mol. The van der Waals surface area contributed by atoms with Crippen LogP contribution >= 0.6 is 23.2 Å². The van der Waals surface area contributed by atoms with Crippen LogP contribution in [-0.4, -0.2) is 102 Å². The molecule has 1 aromatic carbocycles. The van der Waals surface area contributed by atoms with Gasteiger partial charge < -0.3 is 24.6 Å². The van der Waals surface area contributed by atoms with E-state index in [2.05, 4.69) is 27.0 Å². The zero-order valence-electron chi connectivity index (χ0n) is 30.3. The number of anilines is 2. The van der Waals surface area contributed by atoms with E-state index in [9.17, 15) is 19.8 Å². The minimum atomic E-state index is -1.57. The fourth-order valence-electron chi connectivity index (χ4n) is 9.46. The van der Waals surface area contributed by atoms with Crippen LogP contribution in [0.2, 0.25) is 10.0 Å². The molecule has 10 atom stereocenters. The quantitative estimate of drug-likeness (QED) is 0.275. The van der Waals surface area contributed by atoms with Crippen LogP contribution in [0.15, 0.2) is 48.2 Å².